The van der Waals surface area contributed by atoms with Crippen LogP contribution in [0.2, 0.25) is 0 Å². The molecule has 3 N–H and O–H groups in total. The molecule has 2 aromatic rings. The smallest absolute Gasteiger partial charge is 0.320 e. The lowest BCUT2D eigenvalue weighted by Crippen LogP contribution is -2.14. The average Bonchev–Trinajstić information content (AvgIpc) is 2.82. The highest BCUT2D eigenvalue weighted by Gasteiger charge is 2.13. The van der Waals surface area contributed by atoms with Gasteiger partial charge in [-0.3, -0.25) is 10.1 Å². The monoisotopic (exact) mass is 270 g/mol. The minimum atomic E-state index is -0.348. The van der Waals surface area contributed by atoms with Crippen molar-refractivity contribution in [2.45, 2.75) is 13.8 Å². The molecule has 2 rings (SSSR count). The Kier molecular flexibility index (Phi) is 4.13. The van der Waals surface area contributed by atoms with Crippen molar-refractivity contribution in [2.24, 2.45) is 5.73 Å². The van der Waals surface area contributed by atoms with Gasteiger partial charge in [-0.1, -0.05) is 28.6 Å². The Morgan fingerprint density at radius 1 is 1.45 bits per heavy atom. The van der Waals surface area contributed by atoms with Crippen molar-refractivity contribution in [3.8, 4) is 11.8 Å². The molecule has 6 nitrogen and oxygen atoms in total. The molecule has 1 aromatic carbocycles. The second-order valence-electron chi connectivity index (χ2n) is 4.16. The van der Waals surface area contributed by atoms with Crippen LogP contribution in [-0.2, 0) is 0 Å². The van der Waals surface area contributed by atoms with Gasteiger partial charge in [0.25, 0.3) is 5.91 Å². The molecule has 0 aliphatic rings. The van der Waals surface area contributed by atoms with Crippen LogP contribution in [0.1, 0.15) is 27.3 Å². The van der Waals surface area contributed by atoms with Crippen LogP contribution >= 0.6 is 0 Å². The summed E-state index contributed by atoms with van der Waals surface area (Å²) in [5.74, 6) is 5.71. The van der Waals surface area contributed by atoms with E-state index in [0.29, 0.717) is 17.0 Å². The molecule has 0 radical (unpaired) electrons. The third-order valence-corrected chi connectivity index (χ3v) is 2.49. The number of hydrogen-bond donors (Lipinski definition) is 2. The topological polar surface area (TPSA) is 94.0 Å². The third-order valence-electron chi connectivity index (χ3n) is 2.49. The maximum absolute atomic E-state index is 12.2. The highest BCUT2D eigenvalue weighted by molar-refractivity contribution is 6.05. The summed E-state index contributed by atoms with van der Waals surface area (Å²) >= 11 is 0. The number of nitrogens with zero attached hydrogens (tertiary/aromatic N) is 2. The van der Waals surface area contributed by atoms with E-state index in [-0.39, 0.29) is 18.5 Å². The van der Waals surface area contributed by atoms with Gasteiger partial charge in [0.05, 0.1) is 12.1 Å². The number of rotatable bonds is 2. The molecule has 1 aromatic heterocycles. The highest BCUT2D eigenvalue weighted by atomic mass is 16.5. The van der Waals surface area contributed by atoms with Gasteiger partial charge in [-0.2, -0.15) is 4.98 Å². The van der Waals surface area contributed by atoms with Gasteiger partial charge in [-0.25, -0.2) is 0 Å². The summed E-state index contributed by atoms with van der Waals surface area (Å²) < 4.78 is 4.86. The number of carbonyl (C=O) groups excluding carboxylic acids is 1. The van der Waals surface area contributed by atoms with Crippen molar-refractivity contribution < 1.29 is 9.32 Å². The summed E-state index contributed by atoms with van der Waals surface area (Å²) in [4.78, 5) is 16.1. The lowest BCUT2D eigenvalue weighted by molar-refractivity contribution is 0.102. The molecule has 0 aliphatic carbocycles. The number of hydrogen-bond acceptors (Lipinski definition) is 5. The number of anilines is 1. The third kappa shape index (κ3) is 3.22. The zero-order chi connectivity index (χ0) is 14.5. The zero-order valence-corrected chi connectivity index (χ0v) is 11.2. The van der Waals surface area contributed by atoms with E-state index in [1.165, 1.54) is 0 Å². The van der Waals surface area contributed by atoms with Crippen LogP contribution in [0.5, 0.6) is 0 Å². The molecular weight excluding hydrogens is 256 g/mol. The van der Waals surface area contributed by atoms with Gasteiger partial charge in [-0.15, -0.1) is 0 Å². The first-order chi connectivity index (χ1) is 9.60. The van der Waals surface area contributed by atoms with Gasteiger partial charge >= 0.3 is 6.01 Å². The molecule has 0 spiro atoms. The predicted molar refractivity (Wildman–Crippen MR) is 74.1 cm³/mol. The van der Waals surface area contributed by atoms with E-state index in [9.17, 15) is 4.79 Å². The van der Waals surface area contributed by atoms with Crippen LogP contribution < -0.4 is 11.1 Å². The van der Waals surface area contributed by atoms with E-state index in [0.717, 1.165) is 5.56 Å². The van der Waals surface area contributed by atoms with Crippen LogP contribution in [0.3, 0.4) is 0 Å². The van der Waals surface area contributed by atoms with Crippen molar-refractivity contribution in [3.63, 3.8) is 0 Å². The fourth-order valence-corrected chi connectivity index (χ4v) is 1.61. The molecule has 20 heavy (non-hydrogen) atoms. The summed E-state index contributed by atoms with van der Waals surface area (Å²) in [6.07, 6.45) is 0. The standard InChI is InChI=1S/C14H14N4O2/c1-9-5-6-11(4-3-7-15)12(8-9)13(19)17-14-16-10(2)18-20-14/h5-6,8H,7,15H2,1-2H3,(H,16,17,18,19). The molecule has 0 unspecified atom stereocenters. The Balaban J connectivity index is 2.30. The summed E-state index contributed by atoms with van der Waals surface area (Å²) in [7, 11) is 0. The van der Waals surface area contributed by atoms with Crippen LogP contribution in [0.4, 0.5) is 6.01 Å². The molecule has 0 atom stereocenters. The quantitative estimate of drug-likeness (QED) is 0.801. The highest BCUT2D eigenvalue weighted by Crippen LogP contribution is 2.13. The number of amides is 1. The van der Waals surface area contributed by atoms with Gasteiger partial charge < -0.3 is 10.3 Å². The van der Waals surface area contributed by atoms with Crippen LogP contribution in [0.15, 0.2) is 22.7 Å². The number of aromatic nitrogens is 2. The number of aryl methyl sites for hydroxylation is 2. The van der Waals surface area contributed by atoms with Gasteiger partial charge in [-0.05, 0) is 26.0 Å². The van der Waals surface area contributed by atoms with Crippen molar-refractivity contribution in [1.82, 2.24) is 10.1 Å². The molecule has 0 saturated carbocycles. The first kappa shape index (κ1) is 13.8. The Hall–Kier alpha value is -2.65. The molecule has 0 bridgehead atoms. The minimum absolute atomic E-state index is 0.0618. The summed E-state index contributed by atoms with van der Waals surface area (Å²) in [6.45, 7) is 3.80. The molecule has 6 heteroatoms. The van der Waals surface area contributed by atoms with E-state index < -0.39 is 0 Å². The van der Waals surface area contributed by atoms with Gasteiger partial charge in [0, 0.05) is 5.56 Å². The van der Waals surface area contributed by atoms with Gasteiger partial charge in [0.1, 0.15) is 0 Å². The summed E-state index contributed by atoms with van der Waals surface area (Å²) in [5, 5.41) is 6.15. The second kappa shape index (κ2) is 5.99. The fourth-order valence-electron chi connectivity index (χ4n) is 1.61. The lowest BCUT2D eigenvalue weighted by Gasteiger charge is -2.05. The molecule has 1 amide bonds. The Morgan fingerprint density at radius 2 is 2.25 bits per heavy atom. The zero-order valence-electron chi connectivity index (χ0n) is 11.2. The second-order valence-corrected chi connectivity index (χ2v) is 4.16. The van der Waals surface area contributed by atoms with Crippen molar-refractivity contribution in [3.05, 3.63) is 40.7 Å². The number of benzene rings is 1. The summed E-state index contributed by atoms with van der Waals surface area (Å²) in [6, 6.07) is 5.48. The number of carbonyl (C=O) groups is 1. The van der Waals surface area contributed by atoms with Gasteiger partial charge in [0.15, 0.2) is 5.82 Å². The number of nitrogens with two attached hydrogens (primary N) is 1. The molecule has 0 aliphatic heterocycles. The Labute approximate surface area is 116 Å². The van der Waals surface area contributed by atoms with Crippen LogP contribution in [-0.4, -0.2) is 22.6 Å². The Bertz CT molecular complexity index is 695. The van der Waals surface area contributed by atoms with Crippen LogP contribution in [0, 0.1) is 25.7 Å². The first-order valence-corrected chi connectivity index (χ1v) is 6.01. The molecule has 0 fully saturated rings. The molecule has 1 heterocycles. The largest absolute Gasteiger partial charge is 0.328 e. The van der Waals surface area contributed by atoms with E-state index in [4.69, 9.17) is 10.3 Å². The molecule has 102 valence electrons. The van der Waals surface area contributed by atoms with Crippen molar-refractivity contribution in [1.29, 1.82) is 0 Å². The maximum atomic E-state index is 12.2. The van der Waals surface area contributed by atoms with E-state index in [1.807, 2.05) is 13.0 Å². The maximum Gasteiger partial charge on any atom is 0.328 e. The first-order valence-electron chi connectivity index (χ1n) is 6.01. The van der Waals surface area contributed by atoms with Crippen molar-refractivity contribution >= 4 is 11.9 Å². The van der Waals surface area contributed by atoms with E-state index >= 15 is 0 Å². The average molecular weight is 270 g/mol. The minimum Gasteiger partial charge on any atom is -0.320 e. The van der Waals surface area contributed by atoms with E-state index in [2.05, 4.69) is 27.3 Å². The fraction of sp³-hybridized carbons (Fsp3) is 0.214. The molecular formula is C14H14N4O2. The van der Waals surface area contributed by atoms with Crippen molar-refractivity contribution in [2.75, 3.05) is 11.9 Å². The van der Waals surface area contributed by atoms with Gasteiger partial charge in [0.2, 0.25) is 0 Å². The normalized spacial score (nSPS) is 9.75. The summed E-state index contributed by atoms with van der Waals surface area (Å²) in [5.41, 5.74) is 7.36. The van der Waals surface area contributed by atoms with E-state index in [1.54, 1.807) is 19.1 Å². The molecule has 0 saturated heterocycles. The Morgan fingerprint density at radius 3 is 2.90 bits per heavy atom. The van der Waals surface area contributed by atoms with Crippen LogP contribution in [0.25, 0.3) is 0 Å². The lowest BCUT2D eigenvalue weighted by atomic mass is 10.0. The number of nitrogens with one attached hydrogen (secondary N) is 1. The SMILES string of the molecule is Cc1ccc(C#CCN)c(C(=O)Nc2nc(C)no2)c1. The predicted octanol–water partition coefficient (Wildman–Crippen LogP) is 1.25.